The van der Waals surface area contributed by atoms with Gasteiger partial charge in [-0.25, -0.2) is 0 Å². The van der Waals surface area contributed by atoms with Crippen LogP contribution in [-0.2, 0) is 38.3 Å². The number of carbonyl (C=O) groups excluding carboxylic acids is 4. The standard InChI is InChI=1S/C49H59N3O8/c1-7-59-46(57)48(5,28-53)21-19-35-26-50-42(24-39(35)32-15-16-32)44(55)23-34-11-9-12-37(30(34)3)38-13-10-14-41(31(38)4)52-45(56)43-25-40(33-17-18-33)36(27-51-43)20-22-49(6,29-54)47(58)60-8-2/h9-14,24-27,32-33,53-54H,7-8,15-23,28-29H2,1-6H3,(H,52,56)/t48-,49+/m1/s1. The molecule has 318 valence electrons. The highest BCUT2D eigenvalue weighted by Crippen LogP contribution is 2.44. The van der Waals surface area contributed by atoms with Crippen LogP contribution in [0.15, 0.2) is 60.9 Å². The molecule has 2 aromatic heterocycles. The van der Waals surface area contributed by atoms with Crippen LogP contribution in [-0.4, -0.2) is 70.2 Å². The Morgan fingerprint density at radius 3 is 1.68 bits per heavy atom. The van der Waals surface area contributed by atoms with Crippen LogP contribution < -0.4 is 5.32 Å². The van der Waals surface area contributed by atoms with Crippen LogP contribution >= 0.6 is 0 Å². The summed E-state index contributed by atoms with van der Waals surface area (Å²) in [5, 5.41) is 23.1. The Kier molecular flexibility index (Phi) is 14.0. The van der Waals surface area contributed by atoms with Gasteiger partial charge >= 0.3 is 11.9 Å². The van der Waals surface area contributed by atoms with E-state index in [1.807, 2.05) is 62.4 Å². The number of pyridine rings is 2. The van der Waals surface area contributed by atoms with Crippen molar-refractivity contribution < 1.29 is 38.9 Å². The van der Waals surface area contributed by atoms with Gasteiger partial charge in [-0.05, 0) is 173 Å². The Balaban J connectivity index is 1.16. The van der Waals surface area contributed by atoms with Gasteiger partial charge in [-0.1, -0.05) is 30.3 Å². The lowest BCUT2D eigenvalue weighted by atomic mass is 9.84. The zero-order valence-corrected chi connectivity index (χ0v) is 35.9. The van der Waals surface area contributed by atoms with Gasteiger partial charge in [-0.3, -0.25) is 29.1 Å². The number of benzene rings is 2. The maximum Gasteiger partial charge on any atom is 0.314 e. The summed E-state index contributed by atoms with van der Waals surface area (Å²) in [6.07, 6.45) is 9.65. The number of nitrogens with one attached hydrogen (secondary N) is 1. The molecule has 0 saturated heterocycles. The lowest BCUT2D eigenvalue weighted by Gasteiger charge is -2.25. The van der Waals surface area contributed by atoms with Crippen molar-refractivity contribution in [3.63, 3.8) is 0 Å². The number of anilines is 1. The number of esters is 2. The molecule has 2 fully saturated rings. The van der Waals surface area contributed by atoms with E-state index >= 15 is 0 Å². The van der Waals surface area contributed by atoms with Crippen molar-refractivity contribution in [2.75, 3.05) is 31.7 Å². The SMILES string of the molecule is CCOC(=O)[C@@](C)(CO)CCc1cnc(C(=O)Cc2cccc(-c3cccc(NC(=O)c4cc(C5CC5)c(CC[C@@](C)(CO)C(=O)OCC)cn4)c3C)c2C)cc1C1CC1. The average molecular weight is 818 g/mol. The number of ketones is 1. The molecule has 2 aliphatic rings. The number of aryl methyl sites for hydroxylation is 2. The second-order valence-corrected chi connectivity index (χ2v) is 17.1. The Morgan fingerprint density at radius 1 is 0.700 bits per heavy atom. The maximum absolute atomic E-state index is 13.8. The number of aliphatic hydroxyl groups is 2. The van der Waals surface area contributed by atoms with Crippen LogP contribution in [0.5, 0.6) is 0 Å². The molecule has 0 aliphatic heterocycles. The Labute approximate surface area is 353 Å². The van der Waals surface area contributed by atoms with Crippen molar-refractivity contribution >= 4 is 29.3 Å². The molecule has 0 bridgehead atoms. The first kappa shape index (κ1) is 44.3. The summed E-state index contributed by atoms with van der Waals surface area (Å²) in [5.41, 5.74) is 8.07. The Hall–Kier alpha value is -5.26. The number of carbonyl (C=O) groups is 4. The summed E-state index contributed by atoms with van der Waals surface area (Å²) in [7, 11) is 0. The zero-order chi connectivity index (χ0) is 43.2. The summed E-state index contributed by atoms with van der Waals surface area (Å²) in [4.78, 5) is 61.8. The monoisotopic (exact) mass is 817 g/mol. The van der Waals surface area contributed by atoms with Crippen molar-refractivity contribution in [3.8, 4) is 11.1 Å². The highest BCUT2D eigenvalue weighted by Gasteiger charge is 2.37. The summed E-state index contributed by atoms with van der Waals surface area (Å²) < 4.78 is 10.4. The fraction of sp³-hybridized carbons (Fsp3) is 0.469. The van der Waals surface area contributed by atoms with Crippen molar-refractivity contribution in [1.29, 1.82) is 0 Å². The minimum Gasteiger partial charge on any atom is -0.466 e. The smallest absolute Gasteiger partial charge is 0.314 e. The van der Waals surface area contributed by atoms with Gasteiger partial charge in [0.25, 0.3) is 5.91 Å². The molecule has 11 heteroatoms. The van der Waals surface area contributed by atoms with Crippen molar-refractivity contribution in [2.45, 2.75) is 111 Å². The Bertz CT molecular complexity index is 2090. The van der Waals surface area contributed by atoms with Crippen LogP contribution in [0.3, 0.4) is 0 Å². The molecule has 0 radical (unpaired) electrons. The van der Waals surface area contributed by atoms with Gasteiger partial charge in [0.2, 0.25) is 0 Å². The number of ether oxygens (including phenoxy) is 2. The van der Waals surface area contributed by atoms with Gasteiger partial charge in [0.05, 0.1) is 37.3 Å². The fourth-order valence-corrected chi connectivity index (χ4v) is 7.84. The second kappa shape index (κ2) is 19.0. The first-order valence-electron chi connectivity index (χ1n) is 21.3. The molecule has 0 unspecified atom stereocenters. The molecule has 3 N–H and O–H groups in total. The molecule has 2 heterocycles. The zero-order valence-electron chi connectivity index (χ0n) is 35.9. The lowest BCUT2D eigenvalue weighted by molar-refractivity contribution is -0.158. The number of aromatic nitrogens is 2. The Morgan fingerprint density at radius 2 is 1.18 bits per heavy atom. The van der Waals surface area contributed by atoms with E-state index in [9.17, 15) is 29.4 Å². The molecule has 1 amide bonds. The van der Waals surface area contributed by atoms with Gasteiger partial charge in [-0.2, -0.15) is 0 Å². The van der Waals surface area contributed by atoms with Crippen LogP contribution in [0.4, 0.5) is 5.69 Å². The summed E-state index contributed by atoms with van der Waals surface area (Å²) in [6, 6.07) is 15.5. The van der Waals surface area contributed by atoms with E-state index in [-0.39, 0.29) is 44.5 Å². The normalized spacial score (nSPS) is 15.7. The first-order valence-corrected chi connectivity index (χ1v) is 21.3. The molecule has 2 saturated carbocycles. The van der Waals surface area contributed by atoms with Crippen molar-refractivity contribution in [3.05, 3.63) is 111 Å². The molecular weight excluding hydrogens is 759 g/mol. The molecular formula is C49H59N3O8. The van der Waals surface area contributed by atoms with Gasteiger partial charge in [0.1, 0.15) is 11.4 Å². The van der Waals surface area contributed by atoms with E-state index < -0.39 is 22.8 Å². The highest BCUT2D eigenvalue weighted by molar-refractivity contribution is 6.04. The first-order chi connectivity index (χ1) is 28.7. The largest absolute Gasteiger partial charge is 0.466 e. The minimum absolute atomic E-state index is 0.0846. The van der Waals surface area contributed by atoms with E-state index in [4.69, 9.17) is 9.47 Å². The summed E-state index contributed by atoms with van der Waals surface area (Å²) >= 11 is 0. The number of amides is 1. The number of aliphatic hydroxyl groups excluding tert-OH is 2. The molecule has 2 atom stereocenters. The highest BCUT2D eigenvalue weighted by atomic mass is 16.5. The third-order valence-electron chi connectivity index (χ3n) is 12.4. The fourth-order valence-electron chi connectivity index (χ4n) is 7.84. The molecule has 2 aliphatic carbocycles. The lowest BCUT2D eigenvalue weighted by Crippen LogP contribution is -2.34. The van der Waals surface area contributed by atoms with Crippen LogP contribution in [0.2, 0.25) is 0 Å². The van der Waals surface area contributed by atoms with Gasteiger partial charge < -0.3 is 25.0 Å². The van der Waals surface area contributed by atoms with E-state index in [1.165, 1.54) is 0 Å². The van der Waals surface area contributed by atoms with Crippen molar-refractivity contribution in [2.24, 2.45) is 10.8 Å². The van der Waals surface area contributed by atoms with Gasteiger partial charge in [-0.15, -0.1) is 0 Å². The van der Waals surface area contributed by atoms with Crippen LogP contribution in [0.25, 0.3) is 11.1 Å². The third kappa shape index (κ3) is 10.0. The molecule has 2 aromatic carbocycles. The maximum atomic E-state index is 13.8. The van der Waals surface area contributed by atoms with E-state index in [1.54, 1.807) is 40.1 Å². The van der Waals surface area contributed by atoms with Crippen LogP contribution in [0.1, 0.15) is 138 Å². The van der Waals surface area contributed by atoms with Gasteiger partial charge in [0, 0.05) is 24.5 Å². The molecule has 6 rings (SSSR count). The van der Waals surface area contributed by atoms with Crippen molar-refractivity contribution in [1.82, 2.24) is 9.97 Å². The second-order valence-electron chi connectivity index (χ2n) is 17.1. The van der Waals surface area contributed by atoms with E-state index in [2.05, 4.69) is 15.3 Å². The predicted molar refractivity (Wildman–Crippen MR) is 230 cm³/mol. The summed E-state index contributed by atoms with van der Waals surface area (Å²) in [5.74, 6) is -0.560. The van der Waals surface area contributed by atoms with E-state index in [0.717, 1.165) is 75.8 Å². The molecule has 60 heavy (non-hydrogen) atoms. The molecule has 0 spiro atoms. The van der Waals surface area contributed by atoms with Crippen LogP contribution in [0, 0.1) is 24.7 Å². The summed E-state index contributed by atoms with van der Waals surface area (Å²) in [6.45, 7) is 10.8. The number of hydrogen-bond acceptors (Lipinski definition) is 10. The number of nitrogens with zero attached hydrogens (tertiary/aromatic N) is 2. The third-order valence-corrected chi connectivity index (χ3v) is 12.4. The molecule has 11 nitrogen and oxygen atoms in total. The quantitative estimate of drug-likeness (QED) is 0.0585. The van der Waals surface area contributed by atoms with Gasteiger partial charge in [0.15, 0.2) is 5.78 Å². The topological polar surface area (TPSA) is 165 Å². The average Bonchev–Trinajstić information content (AvgIpc) is 4.19. The molecule has 4 aromatic rings. The number of hydrogen-bond donors (Lipinski definition) is 3. The minimum atomic E-state index is -1.02. The predicted octanol–water partition coefficient (Wildman–Crippen LogP) is 8.18. The number of rotatable bonds is 20. The van der Waals surface area contributed by atoms with E-state index in [0.29, 0.717) is 54.6 Å². The number of Topliss-reactive ketones (excluding diaryl/α,β-unsaturated/α-hetero) is 1.